The van der Waals surface area contributed by atoms with Gasteiger partial charge in [0, 0.05) is 23.6 Å². The van der Waals surface area contributed by atoms with E-state index in [4.69, 9.17) is 20.3 Å². The van der Waals surface area contributed by atoms with Gasteiger partial charge in [0.25, 0.3) is 0 Å². The van der Waals surface area contributed by atoms with Crippen molar-refractivity contribution in [1.82, 2.24) is 4.57 Å². The van der Waals surface area contributed by atoms with Crippen LogP contribution in [0.3, 0.4) is 0 Å². The molecule has 0 saturated carbocycles. The number of hydrogen-bond acceptors (Lipinski definition) is 4. The molecule has 0 unspecified atom stereocenters. The van der Waals surface area contributed by atoms with E-state index >= 15 is 0 Å². The maximum atomic E-state index is 11.2. The molecule has 0 radical (unpaired) electrons. The summed E-state index contributed by atoms with van der Waals surface area (Å²) in [5.74, 6) is -0.333. The van der Waals surface area contributed by atoms with Gasteiger partial charge in [0.05, 0.1) is 39.5 Å². The smallest absolute Gasteiger partial charge is 0.221 e. The SMILES string of the molecule is NC(=O)Cc1cn(CCOCCOCCO)c2ccccc12. The molecule has 0 aliphatic rings. The summed E-state index contributed by atoms with van der Waals surface area (Å²) in [4.78, 5) is 11.2. The number of nitrogens with two attached hydrogens (primary N) is 1. The molecule has 1 heterocycles. The average molecular weight is 306 g/mol. The molecule has 0 atom stereocenters. The number of aliphatic hydroxyl groups is 1. The summed E-state index contributed by atoms with van der Waals surface area (Å²) in [5.41, 5.74) is 7.31. The highest BCUT2D eigenvalue weighted by molar-refractivity contribution is 5.88. The van der Waals surface area contributed by atoms with E-state index in [1.54, 1.807) is 0 Å². The van der Waals surface area contributed by atoms with Crippen molar-refractivity contribution in [3.63, 3.8) is 0 Å². The van der Waals surface area contributed by atoms with Gasteiger partial charge in [-0.05, 0) is 11.6 Å². The minimum absolute atomic E-state index is 0.0258. The number of fused-ring (bicyclic) bond motifs is 1. The summed E-state index contributed by atoms with van der Waals surface area (Å²) in [7, 11) is 0. The Balaban J connectivity index is 1.92. The predicted octanol–water partition coefficient (Wildman–Crippen LogP) is 0.695. The van der Waals surface area contributed by atoms with Crippen molar-refractivity contribution in [2.75, 3.05) is 33.0 Å². The van der Waals surface area contributed by atoms with Crippen LogP contribution in [0.4, 0.5) is 0 Å². The van der Waals surface area contributed by atoms with Crippen molar-refractivity contribution in [3.8, 4) is 0 Å². The Morgan fingerprint density at radius 1 is 1.14 bits per heavy atom. The van der Waals surface area contributed by atoms with Crippen LogP contribution in [0.1, 0.15) is 5.56 Å². The number of primary amides is 1. The fourth-order valence-corrected chi connectivity index (χ4v) is 2.39. The molecule has 0 saturated heterocycles. The van der Waals surface area contributed by atoms with Crippen molar-refractivity contribution in [2.24, 2.45) is 5.73 Å². The van der Waals surface area contributed by atoms with Crippen molar-refractivity contribution in [2.45, 2.75) is 13.0 Å². The van der Waals surface area contributed by atoms with E-state index in [0.717, 1.165) is 16.5 Å². The summed E-state index contributed by atoms with van der Waals surface area (Å²) < 4.78 is 12.7. The Morgan fingerprint density at radius 2 is 1.86 bits per heavy atom. The third kappa shape index (κ3) is 4.56. The van der Waals surface area contributed by atoms with Gasteiger partial charge in [0.2, 0.25) is 5.91 Å². The monoisotopic (exact) mass is 306 g/mol. The van der Waals surface area contributed by atoms with E-state index in [0.29, 0.717) is 33.0 Å². The van der Waals surface area contributed by atoms with Crippen LogP contribution in [0.5, 0.6) is 0 Å². The highest BCUT2D eigenvalue weighted by Gasteiger charge is 2.09. The van der Waals surface area contributed by atoms with Crippen LogP contribution in [0.15, 0.2) is 30.5 Å². The number of carbonyl (C=O) groups is 1. The Hall–Kier alpha value is -1.89. The van der Waals surface area contributed by atoms with Crippen LogP contribution in [0.2, 0.25) is 0 Å². The van der Waals surface area contributed by atoms with Crippen LogP contribution in [-0.4, -0.2) is 48.6 Å². The second kappa shape index (κ2) is 8.53. The Kier molecular flexibility index (Phi) is 6.39. The second-order valence-corrected chi connectivity index (χ2v) is 4.96. The predicted molar refractivity (Wildman–Crippen MR) is 83.6 cm³/mol. The van der Waals surface area contributed by atoms with Crippen LogP contribution in [0, 0.1) is 0 Å². The minimum Gasteiger partial charge on any atom is -0.394 e. The van der Waals surface area contributed by atoms with Gasteiger partial charge in [-0.15, -0.1) is 0 Å². The summed E-state index contributed by atoms with van der Waals surface area (Å²) >= 11 is 0. The molecule has 1 aromatic carbocycles. The lowest BCUT2D eigenvalue weighted by molar-refractivity contribution is -0.117. The molecule has 0 aliphatic carbocycles. The van der Waals surface area contributed by atoms with Gasteiger partial charge in [-0.1, -0.05) is 18.2 Å². The topological polar surface area (TPSA) is 86.7 Å². The second-order valence-electron chi connectivity index (χ2n) is 4.96. The number of amides is 1. The van der Waals surface area contributed by atoms with Crippen LogP contribution in [0.25, 0.3) is 10.9 Å². The zero-order valence-corrected chi connectivity index (χ0v) is 12.5. The lowest BCUT2D eigenvalue weighted by Gasteiger charge is -2.07. The average Bonchev–Trinajstić information content (AvgIpc) is 2.84. The third-order valence-electron chi connectivity index (χ3n) is 3.32. The van der Waals surface area contributed by atoms with E-state index in [9.17, 15) is 4.79 Å². The highest BCUT2D eigenvalue weighted by atomic mass is 16.5. The minimum atomic E-state index is -0.333. The summed E-state index contributed by atoms with van der Waals surface area (Å²) in [5, 5.41) is 9.63. The molecule has 6 heteroatoms. The van der Waals surface area contributed by atoms with Crippen molar-refractivity contribution < 1.29 is 19.4 Å². The van der Waals surface area contributed by atoms with Gasteiger partial charge < -0.3 is 24.9 Å². The van der Waals surface area contributed by atoms with Crippen molar-refractivity contribution in [1.29, 1.82) is 0 Å². The van der Waals surface area contributed by atoms with E-state index in [1.165, 1.54) is 0 Å². The summed E-state index contributed by atoms with van der Waals surface area (Å²) in [6.45, 7) is 2.57. The van der Waals surface area contributed by atoms with Gasteiger partial charge in [-0.25, -0.2) is 0 Å². The third-order valence-corrected chi connectivity index (χ3v) is 3.32. The number of carbonyl (C=O) groups excluding carboxylic acids is 1. The van der Waals surface area contributed by atoms with Gasteiger partial charge in [0.1, 0.15) is 0 Å². The number of nitrogens with zero attached hydrogens (tertiary/aromatic N) is 1. The number of hydrogen-bond donors (Lipinski definition) is 2. The fourth-order valence-electron chi connectivity index (χ4n) is 2.39. The molecular weight excluding hydrogens is 284 g/mol. The highest BCUT2D eigenvalue weighted by Crippen LogP contribution is 2.21. The fraction of sp³-hybridized carbons (Fsp3) is 0.438. The van der Waals surface area contributed by atoms with Crippen molar-refractivity contribution >= 4 is 16.8 Å². The number of ether oxygens (including phenoxy) is 2. The lowest BCUT2D eigenvalue weighted by atomic mass is 10.1. The van der Waals surface area contributed by atoms with Crippen LogP contribution in [-0.2, 0) is 27.2 Å². The molecule has 22 heavy (non-hydrogen) atoms. The van der Waals surface area contributed by atoms with E-state index in [-0.39, 0.29) is 18.9 Å². The standard InChI is InChI=1S/C16H22N2O4/c17-16(20)11-13-12-18(15-4-2-1-3-14(13)15)5-7-21-9-10-22-8-6-19/h1-4,12,19H,5-11H2,(H2,17,20). The molecule has 3 N–H and O–H groups in total. The van der Waals surface area contributed by atoms with Gasteiger partial charge >= 0.3 is 0 Å². The first-order valence-corrected chi connectivity index (χ1v) is 7.33. The zero-order chi connectivity index (χ0) is 15.8. The summed E-state index contributed by atoms with van der Waals surface area (Å²) in [6, 6.07) is 7.93. The molecule has 0 aliphatic heterocycles. The molecule has 1 aromatic heterocycles. The van der Waals surface area contributed by atoms with E-state index in [2.05, 4.69) is 4.57 Å². The Morgan fingerprint density at radius 3 is 2.59 bits per heavy atom. The molecular formula is C16H22N2O4. The van der Waals surface area contributed by atoms with Gasteiger partial charge in [0.15, 0.2) is 0 Å². The Labute approximate surface area is 129 Å². The van der Waals surface area contributed by atoms with Gasteiger partial charge in [-0.2, -0.15) is 0 Å². The number of benzene rings is 1. The van der Waals surface area contributed by atoms with Gasteiger partial charge in [-0.3, -0.25) is 4.79 Å². The zero-order valence-electron chi connectivity index (χ0n) is 12.5. The molecule has 0 bridgehead atoms. The largest absolute Gasteiger partial charge is 0.394 e. The number of para-hydroxylation sites is 1. The molecule has 0 fully saturated rings. The van der Waals surface area contributed by atoms with Crippen LogP contribution < -0.4 is 5.73 Å². The summed E-state index contributed by atoms with van der Waals surface area (Å²) in [6.07, 6.45) is 2.20. The normalized spacial score (nSPS) is 11.1. The lowest BCUT2D eigenvalue weighted by Crippen LogP contribution is -2.13. The molecule has 120 valence electrons. The molecule has 6 nitrogen and oxygen atoms in total. The van der Waals surface area contributed by atoms with Crippen molar-refractivity contribution in [3.05, 3.63) is 36.0 Å². The first kappa shape index (κ1) is 16.5. The molecule has 0 spiro atoms. The molecule has 1 amide bonds. The number of rotatable bonds is 10. The first-order valence-electron chi connectivity index (χ1n) is 7.33. The molecule has 2 rings (SSSR count). The quantitative estimate of drug-likeness (QED) is 0.632. The molecule has 2 aromatic rings. The Bertz CT molecular complexity index is 609. The number of aromatic nitrogens is 1. The van der Waals surface area contributed by atoms with E-state index in [1.807, 2.05) is 30.5 Å². The van der Waals surface area contributed by atoms with E-state index < -0.39 is 0 Å². The van der Waals surface area contributed by atoms with Crippen LogP contribution >= 0.6 is 0 Å². The maximum absolute atomic E-state index is 11.2. The first-order chi connectivity index (χ1) is 10.7. The number of aliphatic hydroxyl groups excluding tert-OH is 1. The maximum Gasteiger partial charge on any atom is 0.221 e.